The van der Waals surface area contributed by atoms with Crippen LogP contribution in [0, 0.1) is 0 Å². The van der Waals surface area contributed by atoms with Crippen LogP contribution in [0.15, 0.2) is 0 Å². The maximum Gasteiger partial charge on any atom is 0.397 e. The monoisotopic (exact) mass is 394 g/mol. The molecule has 0 aliphatic rings. The molecule has 0 heterocycles. The van der Waals surface area contributed by atoms with Crippen molar-refractivity contribution in [1.29, 1.82) is 0 Å². The molecule has 0 radical (unpaired) electrons. The number of alkyl halides is 12. The number of halogens is 12. The first-order chi connectivity index (χ1) is 10.2. The average molecular weight is 394 g/mol. The Kier molecular flexibility index (Phi) is 12.6. The third-order valence-electron chi connectivity index (χ3n) is 1.48. The van der Waals surface area contributed by atoms with Crippen LogP contribution in [0.2, 0.25) is 0 Å². The van der Waals surface area contributed by atoms with Gasteiger partial charge in [-0.05, 0) is 6.42 Å². The first-order valence-corrected chi connectivity index (χ1v) is 5.78. The van der Waals surface area contributed by atoms with E-state index >= 15 is 0 Å². The topological polar surface area (TPSA) is 40.5 Å². The molecule has 2 nitrogen and oxygen atoms in total. The Labute approximate surface area is 128 Å². The molecule has 2 N–H and O–H groups in total. The average Bonchev–Trinajstić information content (AvgIpc) is 2.19. The minimum Gasteiger partial charge on any atom is -0.394 e. The maximum atomic E-state index is 10.8. The van der Waals surface area contributed by atoms with Crippen LogP contribution in [0.5, 0.6) is 0 Å². The van der Waals surface area contributed by atoms with Crippen molar-refractivity contribution in [3.63, 3.8) is 0 Å². The summed E-state index contributed by atoms with van der Waals surface area (Å²) >= 11 is 0. The van der Waals surface area contributed by atoms with E-state index < -0.39 is 43.7 Å². The molecule has 0 amide bonds. The Morgan fingerprint density at radius 1 is 0.625 bits per heavy atom. The van der Waals surface area contributed by atoms with E-state index in [1.54, 1.807) is 0 Å². The van der Waals surface area contributed by atoms with E-state index in [1.165, 1.54) is 0 Å². The lowest BCUT2D eigenvalue weighted by molar-refractivity contribution is -0.233. The van der Waals surface area contributed by atoms with Crippen LogP contribution in [-0.4, -0.2) is 47.6 Å². The summed E-state index contributed by atoms with van der Waals surface area (Å²) in [4.78, 5) is 0. The van der Waals surface area contributed by atoms with Gasteiger partial charge in [0.15, 0.2) is 0 Å². The lowest BCUT2D eigenvalue weighted by atomic mass is 10.3. The highest BCUT2D eigenvalue weighted by Crippen LogP contribution is 2.32. The molecule has 14 heteroatoms. The summed E-state index contributed by atoms with van der Waals surface area (Å²) in [6, 6.07) is 0. The number of hydrogen-bond donors (Lipinski definition) is 2. The fourth-order valence-electron chi connectivity index (χ4n) is 0.584. The van der Waals surface area contributed by atoms with Crippen molar-refractivity contribution in [3.05, 3.63) is 0 Å². The highest BCUT2D eigenvalue weighted by atomic mass is 19.4. The molecule has 0 aromatic carbocycles. The number of rotatable bonds is 2. The van der Waals surface area contributed by atoms with E-state index in [-0.39, 0.29) is 6.61 Å². The zero-order chi connectivity index (χ0) is 20.4. The van der Waals surface area contributed by atoms with E-state index in [1.807, 2.05) is 6.92 Å². The molecule has 0 rings (SSSR count). The van der Waals surface area contributed by atoms with Gasteiger partial charge in [-0.1, -0.05) is 6.92 Å². The van der Waals surface area contributed by atoms with Crippen LogP contribution in [0.25, 0.3) is 0 Å². The number of aliphatic hydroxyl groups excluding tert-OH is 2. The molecule has 0 spiro atoms. The van der Waals surface area contributed by atoms with Gasteiger partial charge in [-0.3, -0.25) is 0 Å². The second-order valence-corrected chi connectivity index (χ2v) is 4.06. The van der Waals surface area contributed by atoms with E-state index in [4.69, 9.17) is 10.2 Å². The molecule has 150 valence electrons. The molecule has 1 unspecified atom stereocenters. The molecule has 0 aliphatic heterocycles. The summed E-state index contributed by atoms with van der Waals surface area (Å²) in [6.45, 7) is 1.71. The Balaban J connectivity index is -0.000000282. The predicted molar refractivity (Wildman–Crippen MR) is 56.8 cm³/mol. The Bertz CT molecular complexity index is 247. The quantitative estimate of drug-likeness (QED) is 0.664. The van der Waals surface area contributed by atoms with Crippen molar-refractivity contribution >= 4 is 0 Å². The summed E-state index contributed by atoms with van der Waals surface area (Å²) in [5.41, 5.74) is 0. The van der Waals surface area contributed by atoms with Gasteiger partial charge in [0.1, 0.15) is 12.8 Å². The Hall–Kier alpha value is -0.920. The third-order valence-corrected chi connectivity index (χ3v) is 1.48. The van der Waals surface area contributed by atoms with E-state index in [0.717, 1.165) is 0 Å². The number of hydrogen-bond acceptors (Lipinski definition) is 2. The van der Waals surface area contributed by atoms with Crippen LogP contribution in [-0.2, 0) is 0 Å². The first kappa shape index (κ1) is 27.9. The van der Waals surface area contributed by atoms with Crippen molar-refractivity contribution in [2.75, 3.05) is 6.61 Å². The van der Waals surface area contributed by atoms with Crippen molar-refractivity contribution in [2.45, 2.75) is 57.0 Å². The van der Waals surface area contributed by atoms with Gasteiger partial charge in [-0.15, -0.1) is 0 Å². The van der Waals surface area contributed by atoms with E-state index in [9.17, 15) is 52.7 Å². The minimum atomic E-state index is -5.14. The molecule has 0 fully saturated rings. The smallest absolute Gasteiger partial charge is 0.394 e. The van der Waals surface area contributed by atoms with Gasteiger partial charge < -0.3 is 10.2 Å². The molecule has 1 atom stereocenters. The SMILES string of the molecule is CCC(O)CO.FC(F)(F)CC(F)(F)F.FC(F)(F)CC(F)(F)F. The van der Waals surface area contributed by atoms with Crippen molar-refractivity contribution in [1.82, 2.24) is 0 Å². The van der Waals surface area contributed by atoms with Gasteiger partial charge in [-0.2, -0.15) is 52.7 Å². The van der Waals surface area contributed by atoms with Crippen molar-refractivity contribution in [2.24, 2.45) is 0 Å². The van der Waals surface area contributed by atoms with Crippen LogP contribution in [0.4, 0.5) is 52.7 Å². The fourth-order valence-corrected chi connectivity index (χ4v) is 0.584. The molecule has 0 aromatic heterocycles. The van der Waals surface area contributed by atoms with E-state index in [2.05, 4.69) is 0 Å². The van der Waals surface area contributed by atoms with Gasteiger partial charge in [0.05, 0.1) is 12.7 Å². The molecule has 0 saturated heterocycles. The summed E-state index contributed by atoms with van der Waals surface area (Å²) in [6.07, 6.45) is -25.9. The van der Waals surface area contributed by atoms with Gasteiger partial charge in [-0.25, -0.2) is 0 Å². The molecular formula is C10H14F12O2. The number of aliphatic hydroxyl groups is 2. The van der Waals surface area contributed by atoms with Crippen LogP contribution < -0.4 is 0 Å². The zero-order valence-electron chi connectivity index (χ0n) is 11.8. The molecular weight excluding hydrogens is 380 g/mol. The summed E-state index contributed by atoms with van der Waals surface area (Å²) in [5.74, 6) is 0. The zero-order valence-corrected chi connectivity index (χ0v) is 11.8. The lowest BCUT2D eigenvalue weighted by Gasteiger charge is -2.08. The Morgan fingerprint density at radius 2 is 0.833 bits per heavy atom. The van der Waals surface area contributed by atoms with Crippen LogP contribution >= 0.6 is 0 Å². The van der Waals surface area contributed by atoms with Crippen LogP contribution in [0.1, 0.15) is 26.2 Å². The summed E-state index contributed by atoms with van der Waals surface area (Å²) < 4.78 is 130. The fraction of sp³-hybridized carbons (Fsp3) is 1.00. The highest BCUT2D eigenvalue weighted by molar-refractivity contribution is 4.58. The van der Waals surface area contributed by atoms with Crippen molar-refractivity contribution in [3.8, 4) is 0 Å². The second kappa shape index (κ2) is 10.8. The Morgan fingerprint density at radius 3 is 0.833 bits per heavy atom. The first-order valence-electron chi connectivity index (χ1n) is 5.78. The van der Waals surface area contributed by atoms with Gasteiger partial charge >= 0.3 is 24.7 Å². The predicted octanol–water partition coefficient (Wildman–Crippen LogP) is 4.75. The normalized spacial score (nSPS) is 14.1. The molecule has 24 heavy (non-hydrogen) atoms. The minimum absolute atomic E-state index is 0.115. The highest BCUT2D eigenvalue weighted by Gasteiger charge is 2.44. The lowest BCUT2D eigenvalue weighted by Crippen LogP contribution is -2.20. The molecule has 0 saturated carbocycles. The van der Waals surface area contributed by atoms with Crippen molar-refractivity contribution < 1.29 is 62.9 Å². The molecule has 0 aromatic rings. The molecule has 0 aliphatic carbocycles. The van der Waals surface area contributed by atoms with Gasteiger partial charge in [0.25, 0.3) is 0 Å². The van der Waals surface area contributed by atoms with Crippen LogP contribution in [0.3, 0.4) is 0 Å². The standard InChI is InChI=1S/C4H10O2.2C3H2F6/c1-2-4(6)3-5;2*4-2(5,6)1-3(7,8)9/h4-6H,2-3H2,1H3;2*1H2. The summed E-state index contributed by atoms with van der Waals surface area (Å²) in [7, 11) is 0. The largest absolute Gasteiger partial charge is 0.397 e. The second-order valence-electron chi connectivity index (χ2n) is 4.06. The maximum absolute atomic E-state index is 10.8. The third kappa shape index (κ3) is 37.4. The molecule has 0 bridgehead atoms. The van der Waals surface area contributed by atoms with Gasteiger partial charge in [0.2, 0.25) is 0 Å². The summed E-state index contributed by atoms with van der Waals surface area (Å²) in [5, 5.41) is 16.5. The van der Waals surface area contributed by atoms with E-state index in [0.29, 0.717) is 6.42 Å². The van der Waals surface area contributed by atoms with Gasteiger partial charge in [0, 0.05) is 0 Å².